The molecule has 15 heteroatoms. The maximum absolute atomic E-state index is 12.9. The molecule has 2 aliphatic heterocycles. The molecule has 1 aromatic heterocycles. The van der Waals surface area contributed by atoms with Crippen LogP contribution >= 0.6 is 23.1 Å². The lowest BCUT2D eigenvalue weighted by Gasteiger charge is -2.49. The Kier molecular flexibility index (Phi) is 8.22. The first-order chi connectivity index (χ1) is 16.5. The van der Waals surface area contributed by atoms with Crippen LogP contribution in [-0.2, 0) is 33.4 Å². The third kappa shape index (κ3) is 5.85. The molecule has 0 bridgehead atoms. The van der Waals surface area contributed by atoms with Crippen molar-refractivity contribution in [2.75, 3.05) is 18.6 Å². The third-order valence-corrected chi connectivity index (χ3v) is 6.77. The van der Waals surface area contributed by atoms with Crippen LogP contribution in [0.25, 0.3) is 0 Å². The van der Waals surface area contributed by atoms with Crippen molar-refractivity contribution in [1.29, 1.82) is 0 Å². The highest BCUT2D eigenvalue weighted by Crippen LogP contribution is 2.40. The minimum Gasteiger partial charge on any atom is -0.431 e. The van der Waals surface area contributed by atoms with Gasteiger partial charge in [0.15, 0.2) is 10.8 Å². The Balaban J connectivity index is 1.67. The Labute approximate surface area is 209 Å². The predicted molar refractivity (Wildman–Crippen MR) is 126 cm³/mol. The van der Waals surface area contributed by atoms with Crippen LogP contribution in [0.3, 0.4) is 0 Å². The van der Waals surface area contributed by atoms with Crippen LogP contribution in [0, 0.1) is 0 Å². The number of ether oxygens (including phenoxy) is 3. The number of nitrogens with zero attached hydrogens (tertiary/aromatic N) is 3. The summed E-state index contributed by atoms with van der Waals surface area (Å²) < 4.78 is 14.9. The van der Waals surface area contributed by atoms with Crippen molar-refractivity contribution in [3.63, 3.8) is 0 Å². The van der Waals surface area contributed by atoms with E-state index in [0.717, 1.165) is 11.3 Å². The Morgan fingerprint density at radius 2 is 1.97 bits per heavy atom. The van der Waals surface area contributed by atoms with Crippen molar-refractivity contribution in [2.24, 2.45) is 5.16 Å². The molecule has 35 heavy (non-hydrogen) atoms. The molecule has 3 rings (SSSR count). The highest BCUT2D eigenvalue weighted by atomic mass is 32.2. The molecule has 1 fully saturated rings. The second kappa shape index (κ2) is 10.9. The van der Waals surface area contributed by atoms with E-state index in [4.69, 9.17) is 24.8 Å². The number of aromatic nitrogens is 1. The highest BCUT2D eigenvalue weighted by molar-refractivity contribution is 8.00. The monoisotopic (exact) mass is 527 g/mol. The first-order valence-electron chi connectivity index (χ1n) is 10.4. The van der Waals surface area contributed by atoms with E-state index in [1.807, 2.05) is 0 Å². The summed E-state index contributed by atoms with van der Waals surface area (Å²) in [5, 5.41) is 7.55. The number of anilines is 1. The van der Waals surface area contributed by atoms with Crippen LogP contribution < -0.4 is 11.1 Å². The fraction of sp³-hybridized carbons (Fsp3) is 0.500. The van der Waals surface area contributed by atoms with Gasteiger partial charge in [0, 0.05) is 18.1 Å². The number of nitrogens with two attached hydrogens (primary N) is 1. The zero-order valence-electron chi connectivity index (χ0n) is 19.6. The number of thiazole rings is 1. The minimum absolute atomic E-state index is 0.0370. The highest BCUT2D eigenvalue weighted by Gasteiger charge is 2.54. The smallest absolute Gasteiger partial charge is 0.431 e. The van der Waals surface area contributed by atoms with Crippen LogP contribution in [0.1, 0.15) is 33.4 Å². The Morgan fingerprint density at radius 3 is 2.57 bits per heavy atom. The fourth-order valence-electron chi connectivity index (χ4n) is 3.25. The van der Waals surface area contributed by atoms with Gasteiger partial charge < -0.3 is 30.1 Å². The molecular weight excluding hydrogens is 502 g/mol. The Hall–Kier alpha value is -3.33. The largest absolute Gasteiger partial charge is 0.511 e. The molecule has 0 aliphatic carbocycles. The number of hydrogen-bond acceptors (Lipinski definition) is 13. The predicted octanol–water partition coefficient (Wildman–Crippen LogP) is 1.20. The topological polar surface area (TPSA) is 172 Å². The lowest BCUT2D eigenvalue weighted by molar-refractivity contribution is -0.169. The first-order valence-corrected chi connectivity index (χ1v) is 12.3. The van der Waals surface area contributed by atoms with Gasteiger partial charge in [0.1, 0.15) is 29.9 Å². The van der Waals surface area contributed by atoms with E-state index in [9.17, 15) is 19.2 Å². The number of hydrogen-bond donors (Lipinski definition) is 2. The molecule has 13 nitrogen and oxygen atoms in total. The standard InChI is InChI=1S/C20H25N5O8S2/c1-8(2)31-20(29)33-10(4)32-18(28)14-9(3)6-34-17-13(16(27)25(14)17)23-15(26)12(24-30-5)11-7-35-19(21)22-11/h7-8,10,13,17H,6H2,1-5H3,(H2,21,22)(H,23,26)/b24-12-/t10-,13-,17-/m1/s1. The number of carbonyl (C=O) groups is 4. The molecule has 2 amide bonds. The van der Waals surface area contributed by atoms with Crippen molar-refractivity contribution in [2.45, 2.75) is 51.5 Å². The van der Waals surface area contributed by atoms with Crippen LogP contribution in [0.4, 0.5) is 9.93 Å². The van der Waals surface area contributed by atoms with Crippen molar-refractivity contribution in [1.82, 2.24) is 15.2 Å². The van der Waals surface area contributed by atoms with Crippen LogP contribution in [0.15, 0.2) is 21.8 Å². The summed E-state index contributed by atoms with van der Waals surface area (Å²) in [5.74, 6) is -1.62. The summed E-state index contributed by atoms with van der Waals surface area (Å²) in [6.07, 6.45) is -2.63. The second-order valence-corrected chi connectivity index (χ2v) is 9.69. The van der Waals surface area contributed by atoms with Crippen molar-refractivity contribution >= 4 is 57.9 Å². The minimum atomic E-state index is -1.24. The number of β-lactam (4-membered cyclic amide) rings is 1. The van der Waals surface area contributed by atoms with Crippen LogP contribution in [0.5, 0.6) is 0 Å². The maximum atomic E-state index is 12.9. The Morgan fingerprint density at radius 1 is 1.26 bits per heavy atom. The summed E-state index contributed by atoms with van der Waals surface area (Å²) in [5.41, 5.74) is 6.34. The summed E-state index contributed by atoms with van der Waals surface area (Å²) >= 11 is 2.49. The SMILES string of the molecule is CO/N=C(\C(=O)N[C@@H]1C(=O)N2C(C(=O)O[C@@H](C)OC(=O)OC(C)C)=C(C)CS[C@H]12)c1csc(N)n1. The number of amides is 2. The number of fused-ring (bicyclic) bond motifs is 1. The summed E-state index contributed by atoms with van der Waals surface area (Å²) in [6, 6.07) is -0.920. The van der Waals surface area contributed by atoms with E-state index in [0.29, 0.717) is 11.3 Å². The van der Waals surface area contributed by atoms with Gasteiger partial charge in [-0.2, -0.15) is 0 Å². The average Bonchev–Trinajstić information content (AvgIpc) is 3.20. The van der Waals surface area contributed by atoms with Crippen LogP contribution in [-0.4, -0.2) is 76.2 Å². The van der Waals surface area contributed by atoms with E-state index in [1.54, 1.807) is 20.8 Å². The molecule has 0 unspecified atom stereocenters. The molecule has 3 heterocycles. The normalized spacial score (nSPS) is 20.6. The van der Waals surface area contributed by atoms with Gasteiger partial charge in [-0.05, 0) is 26.3 Å². The molecule has 0 saturated carbocycles. The zero-order valence-corrected chi connectivity index (χ0v) is 21.2. The Bertz CT molecular complexity index is 1090. The number of esters is 1. The maximum Gasteiger partial charge on any atom is 0.511 e. The van der Waals surface area contributed by atoms with Crippen LogP contribution in [0.2, 0.25) is 0 Å². The lowest BCUT2D eigenvalue weighted by atomic mass is 10.0. The van der Waals surface area contributed by atoms with E-state index in [1.165, 1.54) is 36.1 Å². The molecule has 0 aromatic carbocycles. The molecule has 0 radical (unpaired) electrons. The number of oxime groups is 1. The number of thioether (sulfide) groups is 1. The molecular formula is C20H25N5O8S2. The number of rotatable bonds is 8. The van der Waals surface area contributed by atoms with Gasteiger partial charge in [0.25, 0.3) is 11.8 Å². The van der Waals surface area contributed by atoms with Gasteiger partial charge in [-0.3, -0.25) is 14.5 Å². The van der Waals surface area contributed by atoms with Crippen molar-refractivity contribution in [3.05, 3.63) is 22.3 Å². The molecule has 3 atom stereocenters. The van der Waals surface area contributed by atoms with Gasteiger partial charge in [-0.1, -0.05) is 5.16 Å². The zero-order chi connectivity index (χ0) is 25.9. The van der Waals surface area contributed by atoms with Gasteiger partial charge in [0.05, 0.1) is 6.10 Å². The number of carbonyl (C=O) groups excluding carboxylic acids is 4. The van der Waals surface area contributed by atoms with E-state index in [-0.39, 0.29) is 22.2 Å². The molecule has 3 N–H and O–H groups in total. The van der Waals surface area contributed by atoms with Gasteiger partial charge in [0.2, 0.25) is 6.29 Å². The summed E-state index contributed by atoms with van der Waals surface area (Å²) in [7, 11) is 1.27. The number of nitrogen functional groups attached to an aromatic ring is 1. The summed E-state index contributed by atoms with van der Waals surface area (Å²) in [6.45, 7) is 6.33. The molecule has 1 aromatic rings. The van der Waals surface area contributed by atoms with E-state index < -0.39 is 47.7 Å². The first kappa shape index (κ1) is 26.3. The average molecular weight is 528 g/mol. The fourth-order valence-corrected chi connectivity index (χ4v) is 5.09. The van der Waals surface area contributed by atoms with Crippen molar-refractivity contribution < 1.29 is 38.2 Å². The van der Waals surface area contributed by atoms with E-state index >= 15 is 0 Å². The van der Waals surface area contributed by atoms with Gasteiger partial charge >= 0.3 is 12.1 Å². The molecule has 190 valence electrons. The molecule has 2 aliphatic rings. The molecule has 1 saturated heterocycles. The summed E-state index contributed by atoms with van der Waals surface area (Å²) in [4.78, 5) is 60.2. The van der Waals surface area contributed by atoms with Gasteiger partial charge in [-0.15, -0.1) is 23.1 Å². The second-order valence-electron chi connectivity index (χ2n) is 7.69. The lowest BCUT2D eigenvalue weighted by Crippen LogP contribution is -2.71. The van der Waals surface area contributed by atoms with E-state index in [2.05, 4.69) is 15.5 Å². The van der Waals surface area contributed by atoms with Gasteiger partial charge in [-0.25, -0.2) is 14.6 Å². The third-order valence-electron chi connectivity index (χ3n) is 4.67. The number of nitrogens with one attached hydrogen (secondary N) is 1. The quantitative estimate of drug-likeness (QED) is 0.164. The van der Waals surface area contributed by atoms with Crippen molar-refractivity contribution in [3.8, 4) is 0 Å². The molecule has 0 spiro atoms.